The summed E-state index contributed by atoms with van der Waals surface area (Å²) in [5, 5.41) is 3.44. The number of benzene rings is 5. The Morgan fingerprint density at radius 1 is 0.605 bits per heavy atom. The lowest BCUT2D eigenvalue weighted by molar-refractivity contribution is 0.0732. The normalized spacial score (nSPS) is 21.7. The maximum Gasteiger partial charge on any atom is 0.347 e. The predicted molar refractivity (Wildman–Crippen MR) is 173 cm³/mol. The lowest BCUT2D eigenvalue weighted by Crippen LogP contribution is -2.71. The number of ketones is 2. The van der Waals surface area contributed by atoms with Crippen LogP contribution >= 0.6 is 0 Å². The van der Waals surface area contributed by atoms with Gasteiger partial charge < -0.3 is 4.43 Å². The number of fused-ring (bicyclic) bond motifs is 5. The van der Waals surface area contributed by atoms with Crippen molar-refractivity contribution in [2.75, 3.05) is 0 Å². The quantitative estimate of drug-likeness (QED) is 0.241. The monoisotopic (exact) mass is 574 g/mol. The summed E-state index contributed by atoms with van der Waals surface area (Å²) in [7, 11) is -3.02. The summed E-state index contributed by atoms with van der Waals surface area (Å²) in [6.45, 7) is 2.07. The molecule has 3 aliphatic rings. The molecule has 0 amide bonds. The van der Waals surface area contributed by atoms with Crippen LogP contribution in [0.4, 0.5) is 0 Å². The molecule has 0 saturated heterocycles. The van der Waals surface area contributed by atoms with E-state index < -0.39 is 20.2 Å². The van der Waals surface area contributed by atoms with Gasteiger partial charge in [-0.3, -0.25) is 9.59 Å². The lowest BCUT2D eigenvalue weighted by atomic mass is 9.59. The molecule has 5 aromatic carbocycles. The molecule has 0 radical (unpaired) electrons. The van der Waals surface area contributed by atoms with Gasteiger partial charge in [-0.15, -0.1) is 0 Å². The number of carbonyl (C=O) groups is 2. The van der Waals surface area contributed by atoms with Gasteiger partial charge >= 0.3 is 8.32 Å². The van der Waals surface area contributed by atoms with E-state index in [-0.39, 0.29) is 17.5 Å². The van der Waals surface area contributed by atoms with Gasteiger partial charge in [0.1, 0.15) is 0 Å². The van der Waals surface area contributed by atoms with E-state index in [0.29, 0.717) is 17.5 Å². The van der Waals surface area contributed by atoms with Crippen molar-refractivity contribution < 1.29 is 14.0 Å². The van der Waals surface area contributed by atoms with Crippen molar-refractivity contribution in [3.05, 3.63) is 167 Å². The first-order valence-corrected chi connectivity index (χ1v) is 16.9. The Morgan fingerprint density at radius 2 is 1.14 bits per heavy atom. The Hall–Kier alpha value is -4.80. The van der Waals surface area contributed by atoms with Crippen molar-refractivity contribution >= 4 is 41.0 Å². The van der Waals surface area contributed by atoms with Crippen molar-refractivity contribution in [2.45, 2.75) is 19.3 Å². The summed E-state index contributed by atoms with van der Waals surface area (Å²) < 4.78 is 7.53. The number of aryl methyl sites for hydroxylation is 1. The van der Waals surface area contributed by atoms with E-state index in [0.717, 1.165) is 43.6 Å². The summed E-state index contributed by atoms with van der Waals surface area (Å²) in [6, 6.07) is 45.3. The second kappa shape index (κ2) is 9.89. The van der Waals surface area contributed by atoms with Crippen LogP contribution < -0.4 is 15.6 Å². The largest absolute Gasteiger partial charge is 0.533 e. The molecule has 1 heterocycles. The highest BCUT2D eigenvalue weighted by molar-refractivity contribution is 7.07. The van der Waals surface area contributed by atoms with Gasteiger partial charge in [0, 0.05) is 35.0 Å². The Balaban J connectivity index is 1.42. The molecule has 0 aromatic heterocycles. The number of rotatable bonds is 3. The fourth-order valence-electron chi connectivity index (χ4n) is 7.67. The highest BCUT2D eigenvalue weighted by Crippen LogP contribution is 2.54. The first kappa shape index (κ1) is 25.9. The number of allylic oxidation sites excluding steroid dienone is 2. The number of hydrogen-bond donors (Lipinski definition) is 0. The van der Waals surface area contributed by atoms with E-state index in [1.165, 1.54) is 0 Å². The van der Waals surface area contributed by atoms with Crippen LogP contribution in [0.15, 0.2) is 139 Å². The molecule has 0 bridgehead atoms. The molecule has 43 heavy (non-hydrogen) atoms. The highest BCUT2D eigenvalue weighted by Gasteiger charge is 2.57. The summed E-state index contributed by atoms with van der Waals surface area (Å²) in [4.78, 5) is 29.0. The average Bonchev–Trinajstić information content (AvgIpc) is 3.07. The fraction of sp³-hybridized carbons (Fsp3) is 0.128. The number of carbonyl (C=O) groups excluding carboxylic acids is 2. The minimum atomic E-state index is -3.02. The Labute approximate surface area is 252 Å². The maximum absolute atomic E-state index is 14.6. The van der Waals surface area contributed by atoms with E-state index in [4.69, 9.17) is 4.43 Å². The van der Waals surface area contributed by atoms with Gasteiger partial charge in [0.2, 0.25) is 0 Å². The molecule has 8 rings (SSSR count). The van der Waals surface area contributed by atoms with Gasteiger partial charge in [-0.05, 0) is 33.6 Å². The molecule has 0 unspecified atom stereocenters. The second-order valence-corrected chi connectivity index (χ2v) is 15.2. The molecule has 4 heteroatoms. The van der Waals surface area contributed by atoms with Crippen molar-refractivity contribution in [2.24, 2.45) is 11.8 Å². The molecule has 0 N–H and O–H groups in total. The standard InChI is InChI=1S/C39H30O3Si/c1-25-20-22-26(23-21-25)32-24-33-35(37-36(32)38(40)29-16-8-9-17-30(29)39(37)41)31-18-10-11-19-34(31)43(42-33,27-12-4-2-5-13-27)28-14-6-3-7-15-28/h2-23,32,36-37H,24H2,1H3/t32-,36+,37-/m1/s1. The van der Waals surface area contributed by atoms with Crippen molar-refractivity contribution in [1.82, 2.24) is 0 Å². The number of Topliss-reactive ketones (excluding diaryl/α,β-unsaturated/α-hetero) is 2. The van der Waals surface area contributed by atoms with Gasteiger partial charge in [0.05, 0.1) is 11.7 Å². The molecule has 208 valence electrons. The average molecular weight is 575 g/mol. The minimum Gasteiger partial charge on any atom is -0.533 e. The topological polar surface area (TPSA) is 43.4 Å². The van der Waals surface area contributed by atoms with E-state index in [1.807, 2.05) is 42.5 Å². The molecule has 0 saturated carbocycles. The summed E-state index contributed by atoms with van der Waals surface area (Å²) in [6.07, 6.45) is 0.559. The van der Waals surface area contributed by atoms with Crippen LogP contribution in [0.1, 0.15) is 49.7 Å². The van der Waals surface area contributed by atoms with Gasteiger partial charge in [-0.2, -0.15) is 0 Å². The molecular weight excluding hydrogens is 545 g/mol. The first-order valence-electron chi connectivity index (χ1n) is 14.9. The van der Waals surface area contributed by atoms with E-state index >= 15 is 0 Å². The third-order valence-electron chi connectivity index (χ3n) is 9.59. The third-order valence-corrected chi connectivity index (χ3v) is 13.6. The fourth-order valence-corrected chi connectivity index (χ4v) is 11.8. The highest BCUT2D eigenvalue weighted by atomic mass is 28.4. The third kappa shape index (κ3) is 3.79. The molecule has 0 fully saturated rings. The molecule has 0 spiro atoms. The van der Waals surface area contributed by atoms with E-state index in [2.05, 4.69) is 97.9 Å². The summed E-state index contributed by atoms with van der Waals surface area (Å²) in [5.41, 5.74) is 5.23. The zero-order valence-corrected chi connectivity index (χ0v) is 24.9. The van der Waals surface area contributed by atoms with Gasteiger partial charge in [-0.1, -0.05) is 139 Å². The molecule has 3 atom stereocenters. The summed E-state index contributed by atoms with van der Waals surface area (Å²) >= 11 is 0. The zero-order chi connectivity index (χ0) is 29.1. The van der Waals surface area contributed by atoms with E-state index in [9.17, 15) is 9.59 Å². The van der Waals surface area contributed by atoms with Crippen LogP contribution in [0.25, 0.3) is 5.57 Å². The van der Waals surface area contributed by atoms with Gasteiger partial charge in [0.25, 0.3) is 0 Å². The second-order valence-electron chi connectivity index (χ2n) is 11.9. The van der Waals surface area contributed by atoms with Crippen molar-refractivity contribution in [1.29, 1.82) is 0 Å². The van der Waals surface area contributed by atoms with Crippen molar-refractivity contribution in [3.8, 4) is 0 Å². The van der Waals surface area contributed by atoms with Crippen LogP contribution in [0.2, 0.25) is 0 Å². The van der Waals surface area contributed by atoms with Crippen LogP contribution in [0, 0.1) is 18.8 Å². The van der Waals surface area contributed by atoms with Gasteiger partial charge in [0.15, 0.2) is 11.6 Å². The predicted octanol–water partition coefficient (Wildman–Crippen LogP) is 6.20. The lowest BCUT2D eigenvalue weighted by Gasteiger charge is -2.48. The maximum atomic E-state index is 14.6. The Bertz CT molecular complexity index is 1890. The van der Waals surface area contributed by atoms with Crippen LogP contribution in [0.3, 0.4) is 0 Å². The van der Waals surface area contributed by atoms with Crippen molar-refractivity contribution in [3.63, 3.8) is 0 Å². The molecule has 2 aliphatic carbocycles. The molecule has 3 nitrogen and oxygen atoms in total. The van der Waals surface area contributed by atoms with Crippen LogP contribution in [-0.4, -0.2) is 19.9 Å². The first-order chi connectivity index (χ1) is 21.1. The van der Waals surface area contributed by atoms with E-state index in [1.54, 1.807) is 0 Å². The Morgan fingerprint density at radius 3 is 1.77 bits per heavy atom. The number of hydrogen-bond acceptors (Lipinski definition) is 3. The SMILES string of the molecule is Cc1ccc([C@H]2CC3=C(c4ccccc4[Si](c4ccccc4)(c4ccccc4)O3)[C@H]3C(=O)c4ccccc4C(=O)[C@H]32)cc1. The molecule has 1 aliphatic heterocycles. The molecular formula is C39H30O3Si. The molecule has 5 aromatic rings. The summed E-state index contributed by atoms with van der Waals surface area (Å²) in [5.74, 6) is -0.380. The Kier molecular flexibility index (Phi) is 5.95. The van der Waals surface area contributed by atoms with Gasteiger partial charge in [-0.25, -0.2) is 0 Å². The minimum absolute atomic E-state index is 0.0107. The van der Waals surface area contributed by atoms with Crippen LogP contribution in [-0.2, 0) is 4.43 Å². The zero-order valence-electron chi connectivity index (χ0n) is 23.9. The van der Waals surface area contributed by atoms with Crippen LogP contribution in [0.5, 0.6) is 0 Å². The smallest absolute Gasteiger partial charge is 0.347 e.